The second-order valence-electron chi connectivity index (χ2n) is 7.19. The van der Waals surface area contributed by atoms with Crippen LogP contribution in [0.25, 0.3) is 11.1 Å². The topological polar surface area (TPSA) is 84.9 Å². The van der Waals surface area contributed by atoms with Gasteiger partial charge in [0.1, 0.15) is 12.4 Å². The molecule has 0 unspecified atom stereocenters. The largest absolute Gasteiger partial charge is 0.482 e. The van der Waals surface area contributed by atoms with Crippen molar-refractivity contribution in [1.82, 2.24) is 5.32 Å². The van der Waals surface area contributed by atoms with Gasteiger partial charge in [-0.2, -0.15) is 0 Å². The van der Waals surface area contributed by atoms with E-state index < -0.39 is 18.7 Å². The summed E-state index contributed by atoms with van der Waals surface area (Å²) in [7, 11) is 0. The van der Waals surface area contributed by atoms with Crippen LogP contribution in [0.3, 0.4) is 0 Å². The third-order valence-corrected chi connectivity index (χ3v) is 5.11. The average Bonchev–Trinajstić information content (AvgIpc) is 3.13. The summed E-state index contributed by atoms with van der Waals surface area (Å²) >= 11 is 0. The molecule has 1 aliphatic rings. The normalized spacial score (nSPS) is 11.5. The van der Waals surface area contributed by atoms with Gasteiger partial charge >= 0.3 is 12.1 Å². The quantitative estimate of drug-likeness (QED) is 0.580. The Morgan fingerprint density at radius 3 is 2.16 bits per heavy atom. The van der Waals surface area contributed by atoms with E-state index in [1.807, 2.05) is 24.3 Å². The summed E-state index contributed by atoms with van der Waals surface area (Å²) in [6.07, 6.45) is -0.515. The molecule has 1 aliphatic carbocycles. The maximum Gasteiger partial charge on any atom is 0.407 e. The van der Waals surface area contributed by atoms with Crippen LogP contribution in [0.1, 0.15) is 22.6 Å². The van der Waals surface area contributed by atoms with Gasteiger partial charge in [-0.3, -0.25) is 0 Å². The number of ether oxygens (including phenoxy) is 2. The van der Waals surface area contributed by atoms with Gasteiger partial charge in [0.2, 0.25) is 0 Å². The number of alkyl carbamates (subject to hydrolysis) is 1. The number of hydrogen-bond donors (Lipinski definition) is 2. The maximum atomic E-state index is 12.1. The SMILES string of the molecule is O=C(O)COc1ccc(C#CCNC(=O)OCC2c3ccccc3-c3ccccc32)cc1. The predicted octanol–water partition coefficient (Wildman–Crippen LogP) is 4.04. The second-order valence-corrected chi connectivity index (χ2v) is 7.19. The number of amides is 1. The van der Waals surface area contributed by atoms with E-state index in [2.05, 4.69) is 41.4 Å². The molecule has 6 heteroatoms. The van der Waals surface area contributed by atoms with Gasteiger partial charge in [0.25, 0.3) is 0 Å². The van der Waals surface area contributed by atoms with Gasteiger partial charge in [-0.05, 0) is 46.5 Å². The molecule has 0 bridgehead atoms. The summed E-state index contributed by atoms with van der Waals surface area (Å²) in [6.45, 7) is 0.00805. The Kier molecular flexibility index (Phi) is 6.38. The second kappa shape index (κ2) is 9.71. The van der Waals surface area contributed by atoms with Gasteiger partial charge in [-0.1, -0.05) is 60.4 Å². The summed E-state index contributed by atoms with van der Waals surface area (Å²) in [4.78, 5) is 22.6. The number of rotatable bonds is 6. The number of carbonyl (C=O) groups excluding carboxylic acids is 1. The summed E-state index contributed by atoms with van der Waals surface area (Å²) in [5.41, 5.74) is 5.42. The molecule has 3 aromatic rings. The highest BCUT2D eigenvalue weighted by atomic mass is 16.5. The van der Waals surface area contributed by atoms with Crippen molar-refractivity contribution in [2.45, 2.75) is 5.92 Å². The molecular weight excluding hydrogens is 406 g/mol. The van der Waals surface area contributed by atoms with Crippen LogP contribution >= 0.6 is 0 Å². The first-order chi connectivity index (χ1) is 15.6. The summed E-state index contributed by atoms with van der Waals surface area (Å²) < 4.78 is 10.5. The van der Waals surface area contributed by atoms with Crippen molar-refractivity contribution in [3.05, 3.63) is 89.5 Å². The molecule has 6 nitrogen and oxygen atoms in total. The first-order valence-electron chi connectivity index (χ1n) is 10.1. The van der Waals surface area contributed by atoms with Gasteiger partial charge in [0.05, 0.1) is 6.54 Å². The molecule has 3 aromatic carbocycles. The van der Waals surface area contributed by atoms with Crippen molar-refractivity contribution in [1.29, 1.82) is 0 Å². The van der Waals surface area contributed by atoms with Gasteiger partial charge in [-0.15, -0.1) is 0 Å². The fraction of sp³-hybridized carbons (Fsp3) is 0.154. The summed E-state index contributed by atoms with van der Waals surface area (Å²) in [5.74, 6) is 5.22. The number of carboxylic acid groups (broad SMARTS) is 1. The van der Waals surface area contributed by atoms with Crippen molar-refractivity contribution < 1.29 is 24.2 Å². The number of nitrogens with one attached hydrogen (secondary N) is 1. The highest BCUT2D eigenvalue weighted by molar-refractivity contribution is 5.79. The highest BCUT2D eigenvalue weighted by Crippen LogP contribution is 2.44. The Morgan fingerprint density at radius 2 is 1.53 bits per heavy atom. The molecule has 2 N–H and O–H groups in total. The van der Waals surface area contributed by atoms with Crippen molar-refractivity contribution in [2.24, 2.45) is 0 Å². The molecule has 32 heavy (non-hydrogen) atoms. The number of aliphatic carboxylic acids is 1. The Balaban J connectivity index is 1.27. The lowest BCUT2D eigenvalue weighted by Gasteiger charge is -2.14. The zero-order valence-corrected chi connectivity index (χ0v) is 17.2. The predicted molar refractivity (Wildman–Crippen MR) is 120 cm³/mol. The first kappa shape index (κ1) is 21.0. The maximum absolute atomic E-state index is 12.1. The Labute approximate surface area is 185 Å². The average molecular weight is 427 g/mol. The van der Waals surface area contributed by atoms with Crippen LogP contribution in [0.5, 0.6) is 5.75 Å². The van der Waals surface area contributed by atoms with Gasteiger partial charge in [0, 0.05) is 11.5 Å². The van der Waals surface area contributed by atoms with E-state index in [9.17, 15) is 9.59 Å². The molecular formula is C26H21NO5. The number of carboxylic acids is 1. The van der Waals surface area contributed by atoms with Crippen LogP contribution in [0.4, 0.5) is 4.79 Å². The fourth-order valence-electron chi connectivity index (χ4n) is 3.69. The van der Waals surface area contributed by atoms with E-state index in [0.717, 1.165) is 16.7 Å². The minimum absolute atomic E-state index is 0.0149. The number of fused-ring (bicyclic) bond motifs is 3. The van der Waals surface area contributed by atoms with Crippen molar-refractivity contribution in [2.75, 3.05) is 19.8 Å². The van der Waals surface area contributed by atoms with Gasteiger partial charge in [0.15, 0.2) is 6.61 Å². The van der Waals surface area contributed by atoms with Crippen LogP contribution in [0.15, 0.2) is 72.8 Å². The van der Waals surface area contributed by atoms with E-state index in [1.54, 1.807) is 24.3 Å². The van der Waals surface area contributed by atoms with Crippen LogP contribution in [-0.2, 0) is 9.53 Å². The summed E-state index contributed by atoms with van der Waals surface area (Å²) in [5, 5.41) is 11.3. The molecule has 4 rings (SSSR count). The lowest BCUT2D eigenvalue weighted by Crippen LogP contribution is -2.26. The molecule has 0 aliphatic heterocycles. The number of benzene rings is 3. The van der Waals surface area contributed by atoms with Crippen molar-refractivity contribution >= 4 is 12.1 Å². The summed E-state index contributed by atoms with van der Waals surface area (Å²) in [6, 6.07) is 23.1. The Hall–Kier alpha value is -4.24. The molecule has 0 radical (unpaired) electrons. The molecule has 0 atom stereocenters. The highest BCUT2D eigenvalue weighted by Gasteiger charge is 2.28. The zero-order chi connectivity index (χ0) is 22.3. The molecule has 0 spiro atoms. The van der Waals surface area contributed by atoms with Crippen LogP contribution < -0.4 is 10.1 Å². The molecule has 0 saturated carbocycles. The monoisotopic (exact) mass is 427 g/mol. The van der Waals surface area contributed by atoms with Crippen LogP contribution in [0, 0.1) is 11.8 Å². The molecule has 0 saturated heterocycles. The zero-order valence-electron chi connectivity index (χ0n) is 17.2. The standard InChI is InChI=1S/C26H21NO5/c28-25(29)17-31-19-13-11-18(12-14-19)6-5-15-27-26(30)32-16-24-22-9-3-1-7-20(22)21-8-2-4-10-23(21)24/h1-4,7-14,24H,15-17H2,(H,27,30)(H,28,29). The van der Waals surface area contributed by atoms with Crippen LogP contribution in [0.2, 0.25) is 0 Å². The van der Waals surface area contributed by atoms with Crippen LogP contribution in [-0.4, -0.2) is 36.9 Å². The third kappa shape index (κ3) is 4.90. The minimum Gasteiger partial charge on any atom is -0.482 e. The van der Waals surface area contributed by atoms with E-state index in [0.29, 0.717) is 5.75 Å². The van der Waals surface area contributed by atoms with Gasteiger partial charge in [-0.25, -0.2) is 9.59 Å². The smallest absolute Gasteiger partial charge is 0.407 e. The molecule has 160 valence electrons. The Morgan fingerprint density at radius 1 is 0.906 bits per heavy atom. The minimum atomic E-state index is -1.03. The molecule has 0 heterocycles. The van der Waals surface area contributed by atoms with Gasteiger partial charge < -0.3 is 19.9 Å². The van der Waals surface area contributed by atoms with E-state index in [1.165, 1.54) is 11.1 Å². The third-order valence-electron chi connectivity index (χ3n) is 5.11. The number of hydrogen-bond acceptors (Lipinski definition) is 4. The molecule has 0 fully saturated rings. The lowest BCUT2D eigenvalue weighted by molar-refractivity contribution is -0.139. The lowest BCUT2D eigenvalue weighted by atomic mass is 9.98. The van der Waals surface area contributed by atoms with E-state index in [4.69, 9.17) is 14.6 Å². The van der Waals surface area contributed by atoms with E-state index in [-0.39, 0.29) is 19.1 Å². The van der Waals surface area contributed by atoms with E-state index >= 15 is 0 Å². The van der Waals surface area contributed by atoms with Crippen molar-refractivity contribution in [3.8, 4) is 28.7 Å². The molecule has 1 amide bonds. The Bertz CT molecular complexity index is 1150. The molecule has 0 aromatic heterocycles. The fourth-order valence-corrected chi connectivity index (χ4v) is 3.69. The van der Waals surface area contributed by atoms with Crippen molar-refractivity contribution in [3.63, 3.8) is 0 Å². The number of carbonyl (C=O) groups is 2. The first-order valence-corrected chi connectivity index (χ1v) is 10.1.